The highest BCUT2D eigenvalue weighted by molar-refractivity contribution is 5.96. The van der Waals surface area contributed by atoms with E-state index in [-0.39, 0.29) is 35.7 Å². The number of ether oxygens (including phenoxy) is 2. The van der Waals surface area contributed by atoms with Gasteiger partial charge in [-0.15, -0.1) is 0 Å². The van der Waals surface area contributed by atoms with E-state index < -0.39 is 11.7 Å². The number of carbonyl (C=O) groups excluding carboxylic acids is 1. The number of hydrogen-bond acceptors (Lipinski definition) is 7. The standard InChI is InChI=1S/C42H63N3O6/c1-41(2,3)31-14-16-33(17-15-31)42(49,32-12-8-9-13-32)29-51-38-27-45(22-18-30(38)19-23-45)21-11-7-5-4-6-10-20-43-26-37(47)35-24-34(46)25-36-40(35)50-28-39(48)44-36/h14-17,24-25,30,32,37-38,43,47,49H,4-13,18-23,26-29H2,1-3H3,(H-,44,46,48)/p+1/t30?,37-,38-,42?,45?/m0/s1. The van der Waals surface area contributed by atoms with Crippen LogP contribution in [-0.2, 0) is 20.5 Å². The van der Waals surface area contributed by atoms with Gasteiger partial charge in [0.15, 0.2) is 6.61 Å². The van der Waals surface area contributed by atoms with Gasteiger partial charge in [-0.05, 0) is 67.2 Å². The molecule has 7 rings (SSSR count). The highest BCUT2D eigenvalue weighted by Crippen LogP contribution is 2.43. The predicted octanol–water partition coefficient (Wildman–Crippen LogP) is 6.69. The predicted molar refractivity (Wildman–Crippen MR) is 201 cm³/mol. The molecule has 1 aliphatic carbocycles. The largest absolute Gasteiger partial charge is 0.508 e. The van der Waals surface area contributed by atoms with Crippen LogP contribution in [0.1, 0.15) is 121 Å². The van der Waals surface area contributed by atoms with Crippen LogP contribution >= 0.6 is 0 Å². The molecule has 0 aromatic heterocycles. The van der Waals surface area contributed by atoms with Gasteiger partial charge in [0.25, 0.3) is 5.91 Å². The monoisotopic (exact) mass is 706 g/mol. The number of aliphatic hydroxyl groups is 2. The van der Waals surface area contributed by atoms with Crippen molar-refractivity contribution in [3.8, 4) is 11.5 Å². The maximum absolute atomic E-state index is 12.3. The van der Waals surface area contributed by atoms with E-state index in [9.17, 15) is 20.1 Å². The maximum Gasteiger partial charge on any atom is 0.262 e. The second-order valence-electron chi connectivity index (χ2n) is 17.2. The molecule has 2 bridgehead atoms. The summed E-state index contributed by atoms with van der Waals surface area (Å²) in [6, 6.07) is 11.7. The molecule has 3 atom stereocenters. The Kier molecular flexibility index (Phi) is 12.3. The molecule has 51 heavy (non-hydrogen) atoms. The number of fused-ring (bicyclic) bond motifs is 4. The molecule has 1 unspecified atom stereocenters. The average molecular weight is 707 g/mol. The Bertz CT molecular complexity index is 1440. The zero-order chi connectivity index (χ0) is 36.1. The van der Waals surface area contributed by atoms with Crippen LogP contribution in [0.25, 0.3) is 0 Å². The van der Waals surface area contributed by atoms with Crippen molar-refractivity contribution in [2.75, 3.05) is 57.8 Å². The third-order valence-corrected chi connectivity index (χ3v) is 12.5. The van der Waals surface area contributed by atoms with Crippen molar-refractivity contribution in [3.63, 3.8) is 0 Å². The maximum atomic E-state index is 12.3. The smallest absolute Gasteiger partial charge is 0.262 e. The fraction of sp³-hybridized carbons (Fsp3) is 0.690. The van der Waals surface area contributed by atoms with Crippen LogP contribution in [0.2, 0.25) is 0 Å². The van der Waals surface area contributed by atoms with E-state index in [0.717, 1.165) is 44.3 Å². The number of unbranched alkanes of at least 4 members (excludes halogenated alkanes) is 5. The molecule has 0 radical (unpaired) electrons. The lowest BCUT2D eigenvalue weighted by molar-refractivity contribution is -0.946. The number of rotatable bonds is 17. The molecule has 0 spiro atoms. The average Bonchev–Trinajstić information content (AvgIpc) is 3.67. The molecule has 9 heteroatoms. The van der Waals surface area contributed by atoms with Crippen LogP contribution in [-0.4, -0.2) is 84.3 Å². The molecule has 5 N–H and O–H groups in total. The first-order chi connectivity index (χ1) is 24.5. The molecule has 282 valence electrons. The number of carbonyl (C=O) groups is 1. The van der Waals surface area contributed by atoms with Gasteiger partial charge in [0.2, 0.25) is 0 Å². The van der Waals surface area contributed by atoms with E-state index in [0.29, 0.717) is 36.1 Å². The van der Waals surface area contributed by atoms with Crippen molar-refractivity contribution in [1.29, 1.82) is 0 Å². The summed E-state index contributed by atoms with van der Waals surface area (Å²) >= 11 is 0. The number of nitrogens with zero attached hydrogens (tertiary/aromatic N) is 1. The molecule has 2 aromatic carbocycles. The molecule has 4 aliphatic heterocycles. The number of nitrogens with one attached hydrogen (secondary N) is 2. The lowest BCUT2D eigenvalue weighted by atomic mass is 9.78. The number of aliphatic hydroxyl groups excluding tert-OH is 1. The van der Waals surface area contributed by atoms with Crippen molar-refractivity contribution in [2.24, 2.45) is 11.8 Å². The number of hydrogen-bond donors (Lipinski definition) is 5. The van der Waals surface area contributed by atoms with E-state index in [1.165, 1.54) is 93.2 Å². The SMILES string of the molecule is CC(C)(C)c1ccc(C(O)(CO[C@H]2C[N+]3(CCCCCCCCNC[C@H](O)c4cc(O)cc5c4OCC(=O)N5)CCC2CC3)C2CCCC2)cc1. The Labute approximate surface area is 305 Å². The third-order valence-electron chi connectivity index (χ3n) is 12.5. The van der Waals surface area contributed by atoms with Crippen molar-refractivity contribution in [3.05, 3.63) is 53.1 Å². The van der Waals surface area contributed by atoms with Crippen molar-refractivity contribution in [2.45, 2.75) is 121 Å². The van der Waals surface area contributed by atoms with Gasteiger partial charge >= 0.3 is 0 Å². The Morgan fingerprint density at radius 3 is 2.33 bits per heavy atom. The lowest BCUT2D eigenvalue weighted by Crippen LogP contribution is -2.64. The fourth-order valence-electron chi connectivity index (χ4n) is 9.27. The van der Waals surface area contributed by atoms with Crippen molar-refractivity contribution in [1.82, 2.24) is 5.32 Å². The van der Waals surface area contributed by atoms with E-state index in [2.05, 4.69) is 55.7 Å². The number of phenolic OH excluding ortho intramolecular Hbond substituents is 1. The number of quaternary nitrogens is 1. The van der Waals surface area contributed by atoms with Crippen LogP contribution < -0.4 is 15.4 Å². The summed E-state index contributed by atoms with van der Waals surface area (Å²) in [4.78, 5) is 11.6. The van der Waals surface area contributed by atoms with Gasteiger partial charge in [-0.25, -0.2) is 0 Å². The molecule has 5 aliphatic rings. The number of phenols is 1. The van der Waals surface area contributed by atoms with Crippen LogP contribution in [0.4, 0.5) is 5.69 Å². The molecule has 4 fully saturated rings. The van der Waals surface area contributed by atoms with Gasteiger partial charge in [-0.3, -0.25) is 4.79 Å². The van der Waals surface area contributed by atoms with Gasteiger partial charge < -0.3 is 39.9 Å². The summed E-state index contributed by atoms with van der Waals surface area (Å²) in [5.74, 6) is 1.02. The summed E-state index contributed by atoms with van der Waals surface area (Å²) in [6.07, 6.45) is 13.6. The van der Waals surface area contributed by atoms with E-state index in [1.807, 2.05) is 0 Å². The van der Waals surface area contributed by atoms with Gasteiger partial charge in [-0.1, -0.05) is 77.1 Å². The normalized spacial score (nSPS) is 25.2. The number of aromatic hydroxyl groups is 1. The number of piperidine rings is 3. The van der Waals surface area contributed by atoms with Gasteiger partial charge in [-0.2, -0.15) is 0 Å². The van der Waals surface area contributed by atoms with E-state index in [4.69, 9.17) is 9.47 Å². The van der Waals surface area contributed by atoms with Gasteiger partial charge in [0.1, 0.15) is 29.7 Å². The molecule has 1 amide bonds. The van der Waals surface area contributed by atoms with E-state index >= 15 is 0 Å². The summed E-state index contributed by atoms with van der Waals surface area (Å²) in [5.41, 5.74) is 2.37. The Morgan fingerprint density at radius 1 is 0.961 bits per heavy atom. The lowest BCUT2D eigenvalue weighted by Gasteiger charge is -2.53. The number of anilines is 1. The summed E-state index contributed by atoms with van der Waals surface area (Å²) < 4.78 is 13.5. The zero-order valence-electron chi connectivity index (χ0n) is 31.4. The van der Waals surface area contributed by atoms with Crippen LogP contribution in [0.15, 0.2) is 36.4 Å². The second kappa shape index (κ2) is 16.5. The molecular formula is C42H64N3O6+. The first kappa shape index (κ1) is 38.0. The first-order valence-corrected chi connectivity index (χ1v) is 19.9. The minimum absolute atomic E-state index is 0.0165. The highest BCUT2D eigenvalue weighted by atomic mass is 16.5. The van der Waals surface area contributed by atoms with Crippen LogP contribution in [0, 0.1) is 11.8 Å². The van der Waals surface area contributed by atoms with Gasteiger partial charge in [0, 0.05) is 36.9 Å². The molecule has 9 nitrogen and oxygen atoms in total. The number of amides is 1. The minimum Gasteiger partial charge on any atom is -0.508 e. The molecule has 1 saturated carbocycles. The Balaban J connectivity index is 0.893. The van der Waals surface area contributed by atoms with Crippen LogP contribution in [0.3, 0.4) is 0 Å². The topological polar surface area (TPSA) is 120 Å². The van der Waals surface area contributed by atoms with Crippen molar-refractivity contribution >= 4 is 11.6 Å². The Morgan fingerprint density at radius 2 is 1.63 bits per heavy atom. The molecule has 3 saturated heterocycles. The fourth-order valence-corrected chi connectivity index (χ4v) is 9.27. The third kappa shape index (κ3) is 9.28. The zero-order valence-corrected chi connectivity index (χ0v) is 31.4. The number of benzene rings is 2. The first-order valence-electron chi connectivity index (χ1n) is 19.9. The van der Waals surface area contributed by atoms with E-state index in [1.54, 1.807) is 0 Å². The molecule has 4 heterocycles. The second-order valence-corrected chi connectivity index (χ2v) is 17.2. The minimum atomic E-state index is -0.917. The summed E-state index contributed by atoms with van der Waals surface area (Å²) in [6.45, 7) is 13.1. The molecular weight excluding hydrogens is 642 g/mol. The van der Waals surface area contributed by atoms with Crippen LogP contribution in [0.5, 0.6) is 11.5 Å². The summed E-state index contributed by atoms with van der Waals surface area (Å²) in [7, 11) is 0. The van der Waals surface area contributed by atoms with Gasteiger partial charge in [0.05, 0.1) is 38.0 Å². The summed E-state index contributed by atoms with van der Waals surface area (Å²) in [5, 5.41) is 39.1. The van der Waals surface area contributed by atoms with Crippen molar-refractivity contribution < 1.29 is 34.1 Å². The Hall–Kier alpha value is -2.69. The quantitative estimate of drug-likeness (QED) is 0.0919. The molecule has 2 aromatic rings. The highest BCUT2D eigenvalue weighted by Gasteiger charge is 2.48.